The van der Waals surface area contributed by atoms with Gasteiger partial charge in [-0.2, -0.15) is 0 Å². The number of nitrogens with one attached hydrogen (secondary N) is 1. The minimum Gasteiger partial charge on any atom is -0.359 e. The van der Waals surface area contributed by atoms with Crippen LogP contribution in [0.2, 0.25) is 5.02 Å². The zero-order valence-corrected chi connectivity index (χ0v) is 12.8. The first kappa shape index (κ1) is 15.3. The van der Waals surface area contributed by atoms with Crippen LogP contribution >= 0.6 is 11.6 Å². The quantitative estimate of drug-likeness (QED) is 0.511. The van der Waals surface area contributed by atoms with Crippen LogP contribution in [-0.2, 0) is 0 Å². The number of benzene rings is 3. The smallest absolute Gasteiger partial charge is 0.187 e. The minimum atomic E-state index is -0.472. The van der Waals surface area contributed by atoms with Gasteiger partial charge in [-0.25, -0.2) is 4.39 Å². The average molecular weight is 326 g/mol. The highest BCUT2D eigenvalue weighted by Gasteiger charge is 2.04. The van der Waals surface area contributed by atoms with Gasteiger partial charge in [0.1, 0.15) is 5.82 Å². The lowest BCUT2D eigenvalue weighted by molar-refractivity contribution is 0.104. The van der Waals surface area contributed by atoms with E-state index in [1.807, 2.05) is 36.4 Å². The van der Waals surface area contributed by atoms with Gasteiger partial charge < -0.3 is 5.32 Å². The maximum absolute atomic E-state index is 13.6. The Labute approximate surface area is 138 Å². The molecule has 0 atom stereocenters. The van der Waals surface area contributed by atoms with Gasteiger partial charge in [0.25, 0.3) is 0 Å². The monoisotopic (exact) mass is 325 g/mol. The Kier molecular flexibility index (Phi) is 4.40. The summed E-state index contributed by atoms with van der Waals surface area (Å²) in [6.07, 6.45) is 2.79. The largest absolute Gasteiger partial charge is 0.359 e. The number of hydrogen-bond acceptors (Lipinski definition) is 2. The molecule has 3 rings (SSSR count). The van der Waals surface area contributed by atoms with Gasteiger partial charge in [0.05, 0.1) is 5.69 Å². The number of rotatable bonds is 4. The van der Waals surface area contributed by atoms with Gasteiger partial charge in [-0.3, -0.25) is 4.79 Å². The number of allylic oxidation sites excluding steroid dienone is 1. The Balaban J connectivity index is 1.74. The highest BCUT2D eigenvalue weighted by molar-refractivity contribution is 6.30. The second-order valence-electron chi connectivity index (χ2n) is 5.03. The molecule has 0 saturated carbocycles. The van der Waals surface area contributed by atoms with Gasteiger partial charge in [-0.1, -0.05) is 48.0 Å². The molecular formula is C19H13ClFNO. The highest BCUT2D eigenvalue weighted by Crippen LogP contribution is 2.19. The Morgan fingerprint density at radius 2 is 1.78 bits per heavy atom. The number of halogens is 2. The van der Waals surface area contributed by atoms with Crippen LogP contribution in [0.4, 0.5) is 10.1 Å². The number of ketones is 1. The molecule has 1 N–H and O–H groups in total. The Bertz CT molecular complexity index is 905. The molecule has 3 aromatic rings. The van der Waals surface area contributed by atoms with E-state index in [9.17, 15) is 9.18 Å². The summed E-state index contributed by atoms with van der Waals surface area (Å²) in [5.41, 5.74) is 0.843. The number of fused-ring (bicyclic) bond motifs is 1. The van der Waals surface area contributed by atoms with Crippen molar-refractivity contribution in [3.63, 3.8) is 0 Å². The lowest BCUT2D eigenvalue weighted by atomic mass is 10.0. The van der Waals surface area contributed by atoms with Gasteiger partial charge in [0.15, 0.2) is 5.78 Å². The molecule has 0 spiro atoms. The predicted octanol–water partition coefficient (Wildman–Crippen LogP) is 5.44. The van der Waals surface area contributed by atoms with Crippen LogP contribution in [0.5, 0.6) is 0 Å². The molecule has 0 aliphatic heterocycles. The van der Waals surface area contributed by atoms with Crippen LogP contribution in [0, 0.1) is 5.82 Å². The summed E-state index contributed by atoms with van der Waals surface area (Å²) in [5.74, 6) is -0.627. The molecule has 0 aromatic heterocycles. The molecule has 0 amide bonds. The van der Waals surface area contributed by atoms with Gasteiger partial charge in [-0.15, -0.1) is 0 Å². The van der Waals surface area contributed by atoms with Gasteiger partial charge in [0.2, 0.25) is 0 Å². The molecule has 23 heavy (non-hydrogen) atoms. The second kappa shape index (κ2) is 6.63. The molecule has 0 unspecified atom stereocenters. The Morgan fingerprint density at radius 1 is 1.00 bits per heavy atom. The van der Waals surface area contributed by atoms with E-state index in [0.29, 0.717) is 10.6 Å². The van der Waals surface area contributed by atoms with Crippen molar-refractivity contribution in [2.75, 3.05) is 5.32 Å². The molecule has 0 fully saturated rings. The summed E-state index contributed by atoms with van der Waals surface area (Å²) in [6, 6.07) is 17.6. The molecule has 3 aromatic carbocycles. The van der Waals surface area contributed by atoms with Crippen molar-refractivity contribution in [2.24, 2.45) is 0 Å². The van der Waals surface area contributed by atoms with E-state index < -0.39 is 5.82 Å². The fourth-order valence-electron chi connectivity index (χ4n) is 2.25. The van der Waals surface area contributed by atoms with Crippen molar-refractivity contribution in [1.29, 1.82) is 0 Å². The fourth-order valence-corrected chi connectivity index (χ4v) is 2.41. The topological polar surface area (TPSA) is 29.1 Å². The normalized spacial score (nSPS) is 11.0. The first-order valence-electron chi connectivity index (χ1n) is 7.05. The summed E-state index contributed by atoms with van der Waals surface area (Å²) in [5, 5.41) is 5.15. The van der Waals surface area contributed by atoms with Crippen LogP contribution in [0.3, 0.4) is 0 Å². The number of anilines is 1. The molecule has 0 radical (unpaired) electrons. The van der Waals surface area contributed by atoms with Crippen molar-refractivity contribution in [3.05, 3.63) is 89.3 Å². The average Bonchev–Trinajstić information content (AvgIpc) is 2.56. The van der Waals surface area contributed by atoms with Crippen LogP contribution in [-0.4, -0.2) is 5.78 Å². The molecule has 0 aliphatic rings. The summed E-state index contributed by atoms with van der Waals surface area (Å²) >= 11 is 5.69. The van der Waals surface area contributed by atoms with Crippen LogP contribution in [0.1, 0.15) is 10.4 Å². The first-order valence-corrected chi connectivity index (χ1v) is 7.42. The standard InChI is InChI=1S/C19H13ClFNO/c20-16-7-8-18(17(21)12-16)22-10-9-19(23)15-6-5-13-3-1-2-4-14(13)11-15/h1-12,22H. The number of carbonyl (C=O) groups excluding carboxylic acids is 1. The summed E-state index contributed by atoms with van der Waals surface area (Å²) in [4.78, 5) is 12.2. The van der Waals surface area contributed by atoms with Crippen molar-refractivity contribution in [1.82, 2.24) is 0 Å². The third-order valence-corrected chi connectivity index (χ3v) is 3.67. The van der Waals surface area contributed by atoms with Gasteiger partial charge in [-0.05, 0) is 35.0 Å². The van der Waals surface area contributed by atoms with Gasteiger partial charge >= 0.3 is 0 Å². The predicted molar refractivity (Wildman–Crippen MR) is 92.5 cm³/mol. The number of hydrogen-bond donors (Lipinski definition) is 1. The van der Waals surface area contributed by atoms with Gasteiger partial charge in [0, 0.05) is 22.9 Å². The SMILES string of the molecule is O=C(C=CNc1ccc(Cl)cc1F)c1ccc2ccccc2c1. The third kappa shape index (κ3) is 3.58. The zero-order valence-electron chi connectivity index (χ0n) is 12.1. The number of carbonyl (C=O) groups is 1. The molecule has 2 nitrogen and oxygen atoms in total. The fraction of sp³-hybridized carbons (Fsp3) is 0. The summed E-state index contributed by atoms with van der Waals surface area (Å²) < 4.78 is 13.6. The molecule has 4 heteroatoms. The maximum Gasteiger partial charge on any atom is 0.187 e. The molecule has 0 heterocycles. The molecule has 0 aliphatic carbocycles. The van der Waals surface area contributed by atoms with E-state index in [-0.39, 0.29) is 11.5 Å². The van der Waals surface area contributed by atoms with E-state index in [1.54, 1.807) is 12.1 Å². The van der Waals surface area contributed by atoms with Crippen molar-refractivity contribution >= 4 is 33.8 Å². The second-order valence-corrected chi connectivity index (χ2v) is 5.46. The molecule has 0 saturated heterocycles. The summed E-state index contributed by atoms with van der Waals surface area (Å²) in [6.45, 7) is 0. The lowest BCUT2D eigenvalue weighted by Gasteiger charge is -2.03. The van der Waals surface area contributed by atoms with Crippen LogP contribution < -0.4 is 5.32 Å². The zero-order chi connectivity index (χ0) is 16.2. The molecular weight excluding hydrogens is 313 g/mol. The highest BCUT2D eigenvalue weighted by atomic mass is 35.5. The minimum absolute atomic E-state index is 0.155. The van der Waals surface area contributed by atoms with Crippen molar-refractivity contribution < 1.29 is 9.18 Å². The Morgan fingerprint density at radius 3 is 2.57 bits per heavy atom. The molecule has 0 bridgehead atoms. The van der Waals surface area contributed by atoms with E-state index in [1.165, 1.54) is 24.4 Å². The van der Waals surface area contributed by atoms with E-state index >= 15 is 0 Å². The third-order valence-electron chi connectivity index (χ3n) is 3.44. The Hall–Kier alpha value is -2.65. The summed E-state index contributed by atoms with van der Waals surface area (Å²) in [7, 11) is 0. The van der Waals surface area contributed by atoms with Crippen molar-refractivity contribution in [2.45, 2.75) is 0 Å². The van der Waals surface area contributed by atoms with Crippen LogP contribution in [0.25, 0.3) is 10.8 Å². The van der Waals surface area contributed by atoms with Crippen molar-refractivity contribution in [3.8, 4) is 0 Å². The molecule has 114 valence electrons. The lowest BCUT2D eigenvalue weighted by Crippen LogP contribution is -1.97. The maximum atomic E-state index is 13.6. The first-order chi connectivity index (χ1) is 11.1. The van der Waals surface area contributed by atoms with E-state index in [2.05, 4.69) is 5.32 Å². The van der Waals surface area contributed by atoms with Crippen LogP contribution in [0.15, 0.2) is 72.9 Å². The van der Waals surface area contributed by atoms with E-state index in [0.717, 1.165) is 10.8 Å². The van der Waals surface area contributed by atoms with E-state index in [4.69, 9.17) is 11.6 Å².